The van der Waals surface area contributed by atoms with Crippen LogP contribution in [0.5, 0.6) is 0 Å². The molecule has 0 aliphatic carbocycles. The van der Waals surface area contributed by atoms with Crippen LogP contribution in [0.2, 0.25) is 0 Å². The van der Waals surface area contributed by atoms with Crippen molar-refractivity contribution in [3.05, 3.63) is 95.0 Å². The van der Waals surface area contributed by atoms with E-state index in [0.29, 0.717) is 22.2 Å². The highest BCUT2D eigenvalue weighted by Gasteiger charge is 2.21. The molecule has 0 atom stereocenters. The van der Waals surface area contributed by atoms with E-state index in [-0.39, 0.29) is 22.2 Å². The number of nitrogens with zero attached hydrogens (tertiary/aromatic N) is 6. The first-order valence-corrected chi connectivity index (χ1v) is 13.6. The molecule has 0 fully saturated rings. The molecule has 5 aromatic carbocycles. The summed E-state index contributed by atoms with van der Waals surface area (Å²) in [5, 5.41) is 41.4. The zero-order valence-corrected chi connectivity index (χ0v) is 23.4. The molecule has 0 bridgehead atoms. The molecule has 0 unspecified atom stereocenters. The zero-order chi connectivity index (χ0) is 30.5. The summed E-state index contributed by atoms with van der Waals surface area (Å²) < 4.78 is 12.1. The van der Waals surface area contributed by atoms with Crippen molar-refractivity contribution in [2.24, 2.45) is 0 Å². The van der Waals surface area contributed by atoms with E-state index in [1.807, 2.05) is 111 Å². The SMILES string of the molecule is Cc1ccc(-c2cc3oc(=C(C#N)C#N)nc3c3c2ccc2c(-c4ccc(C)cc4)c4nc(=C(C#N)C#N)oc4cc23)cc1. The van der Waals surface area contributed by atoms with Crippen molar-refractivity contribution in [2.75, 3.05) is 0 Å². The van der Waals surface area contributed by atoms with E-state index in [9.17, 15) is 21.0 Å². The molecular weight excluding hydrogens is 548 g/mol. The summed E-state index contributed by atoms with van der Waals surface area (Å²) in [4.78, 5) is 9.26. The first kappa shape index (κ1) is 26.2. The fraction of sp³-hybridized carbons (Fsp3) is 0.0556. The molecule has 0 spiro atoms. The Morgan fingerprint density at radius 1 is 0.568 bits per heavy atom. The molecule has 0 N–H and O–H groups in total. The number of oxazole rings is 2. The highest BCUT2D eigenvalue weighted by atomic mass is 16.3. The van der Waals surface area contributed by atoms with Gasteiger partial charge in [0.15, 0.2) is 22.3 Å². The van der Waals surface area contributed by atoms with Crippen LogP contribution in [0.3, 0.4) is 0 Å². The van der Waals surface area contributed by atoms with Gasteiger partial charge in [-0.25, -0.2) is 9.97 Å². The lowest BCUT2D eigenvalue weighted by molar-refractivity contribution is 0.559. The minimum Gasteiger partial charge on any atom is -0.435 e. The van der Waals surface area contributed by atoms with Gasteiger partial charge in [-0.3, -0.25) is 0 Å². The summed E-state index contributed by atoms with van der Waals surface area (Å²) in [6.07, 6.45) is 0. The fourth-order valence-corrected chi connectivity index (χ4v) is 5.59. The molecule has 44 heavy (non-hydrogen) atoms. The first-order valence-electron chi connectivity index (χ1n) is 13.6. The van der Waals surface area contributed by atoms with Crippen molar-refractivity contribution in [2.45, 2.75) is 13.8 Å². The molecule has 204 valence electrons. The lowest BCUT2D eigenvalue weighted by Gasteiger charge is -2.14. The van der Waals surface area contributed by atoms with Gasteiger partial charge in [0.25, 0.3) is 0 Å². The van der Waals surface area contributed by atoms with Crippen molar-refractivity contribution in [3.8, 4) is 46.5 Å². The zero-order valence-electron chi connectivity index (χ0n) is 23.4. The molecule has 7 rings (SSSR count). The van der Waals surface area contributed by atoms with Crippen LogP contribution in [0.15, 0.2) is 81.6 Å². The molecule has 2 aromatic heterocycles. The summed E-state index contributed by atoms with van der Waals surface area (Å²) in [7, 11) is 0. The Balaban J connectivity index is 1.74. The Bertz CT molecular complexity index is 2620. The molecule has 0 aliphatic rings. The largest absolute Gasteiger partial charge is 0.435 e. The van der Waals surface area contributed by atoms with E-state index >= 15 is 0 Å². The van der Waals surface area contributed by atoms with Crippen LogP contribution in [0.25, 0.3) is 77.1 Å². The average Bonchev–Trinajstić information content (AvgIpc) is 3.66. The summed E-state index contributed by atoms with van der Waals surface area (Å²) in [6.45, 7) is 4.03. The highest BCUT2D eigenvalue weighted by Crippen LogP contribution is 2.43. The first-order chi connectivity index (χ1) is 21.4. The van der Waals surface area contributed by atoms with Crippen LogP contribution in [-0.2, 0) is 0 Å². The number of hydrogen-bond acceptors (Lipinski definition) is 8. The second kappa shape index (κ2) is 9.97. The molecule has 2 heterocycles. The van der Waals surface area contributed by atoms with Gasteiger partial charge in [0.1, 0.15) is 35.3 Å². The van der Waals surface area contributed by atoms with Gasteiger partial charge in [-0.2, -0.15) is 21.0 Å². The molecule has 0 amide bonds. The number of benzene rings is 5. The Hall–Kier alpha value is -6.74. The maximum atomic E-state index is 9.56. The topological polar surface area (TPSA) is 147 Å². The summed E-state index contributed by atoms with van der Waals surface area (Å²) in [5.41, 5.74) is 6.88. The van der Waals surface area contributed by atoms with E-state index < -0.39 is 0 Å². The van der Waals surface area contributed by atoms with Crippen molar-refractivity contribution < 1.29 is 8.83 Å². The number of rotatable bonds is 2. The van der Waals surface area contributed by atoms with E-state index in [2.05, 4.69) is 9.97 Å². The molecule has 0 aliphatic heterocycles. The maximum absolute atomic E-state index is 9.56. The summed E-state index contributed by atoms with van der Waals surface area (Å²) in [5.74, 6) is 0. The predicted molar refractivity (Wildman–Crippen MR) is 165 cm³/mol. The van der Waals surface area contributed by atoms with E-state index in [1.165, 1.54) is 0 Å². The van der Waals surface area contributed by atoms with Crippen LogP contribution >= 0.6 is 0 Å². The lowest BCUT2D eigenvalue weighted by Crippen LogP contribution is -2.03. The smallest absolute Gasteiger partial charge is 0.249 e. The van der Waals surface area contributed by atoms with Gasteiger partial charge < -0.3 is 8.83 Å². The molecule has 0 saturated carbocycles. The van der Waals surface area contributed by atoms with Gasteiger partial charge in [0.05, 0.1) is 0 Å². The molecule has 0 saturated heterocycles. The van der Waals surface area contributed by atoms with Gasteiger partial charge in [0, 0.05) is 10.9 Å². The van der Waals surface area contributed by atoms with Crippen LogP contribution in [0, 0.1) is 59.2 Å². The molecular formula is C36H18N6O2. The number of hydrogen-bond donors (Lipinski definition) is 0. The second-order valence-corrected chi connectivity index (χ2v) is 10.4. The minimum absolute atomic E-state index is 0.0607. The Morgan fingerprint density at radius 2 is 1.07 bits per heavy atom. The van der Waals surface area contributed by atoms with Crippen LogP contribution < -0.4 is 11.1 Å². The quantitative estimate of drug-likeness (QED) is 0.212. The molecule has 8 nitrogen and oxygen atoms in total. The van der Waals surface area contributed by atoms with Gasteiger partial charge in [-0.1, -0.05) is 71.8 Å². The maximum Gasteiger partial charge on any atom is 0.249 e. The summed E-state index contributed by atoms with van der Waals surface area (Å²) in [6, 6.07) is 31.4. The molecule has 7 aromatic rings. The fourth-order valence-electron chi connectivity index (χ4n) is 5.59. The van der Waals surface area contributed by atoms with Gasteiger partial charge in [-0.05, 0) is 58.8 Å². The standard InChI is InChI=1S/C36H18N6O2/c1-19-3-7-21(8-4-19)27-13-29-34(42-36(43-29)24(17-39)18-40)32-25(27)11-12-26-28(32)14-30-33(41-35(44-30)23(15-37)16-38)31(26)22-9-5-20(2)6-10-22/h3-14H,1-2H3. The molecule has 0 radical (unpaired) electrons. The van der Waals surface area contributed by atoms with Crippen LogP contribution in [0.1, 0.15) is 11.1 Å². The van der Waals surface area contributed by atoms with Gasteiger partial charge >= 0.3 is 0 Å². The van der Waals surface area contributed by atoms with Crippen molar-refractivity contribution in [3.63, 3.8) is 0 Å². The number of nitriles is 4. The minimum atomic E-state index is -0.231. The van der Waals surface area contributed by atoms with E-state index in [4.69, 9.17) is 8.83 Å². The predicted octanol–water partition coefficient (Wildman–Crippen LogP) is 6.62. The van der Waals surface area contributed by atoms with Crippen molar-refractivity contribution in [1.82, 2.24) is 9.97 Å². The normalized spacial score (nSPS) is 10.9. The monoisotopic (exact) mass is 566 g/mol. The van der Waals surface area contributed by atoms with Crippen LogP contribution in [0.4, 0.5) is 0 Å². The van der Waals surface area contributed by atoms with Crippen molar-refractivity contribution in [1.29, 1.82) is 21.0 Å². The summed E-state index contributed by atoms with van der Waals surface area (Å²) >= 11 is 0. The van der Waals surface area contributed by atoms with E-state index in [1.54, 1.807) is 0 Å². The Kier molecular flexibility index (Phi) is 5.93. The highest BCUT2D eigenvalue weighted by molar-refractivity contribution is 6.26. The van der Waals surface area contributed by atoms with E-state index in [0.717, 1.165) is 54.9 Å². The number of aryl methyl sites for hydroxylation is 2. The second-order valence-electron chi connectivity index (χ2n) is 10.4. The lowest BCUT2D eigenvalue weighted by atomic mass is 9.90. The number of aromatic nitrogens is 2. The van der Waals surface area contributed by atoms with Gasteiger partial charge in [0.2, 0.25) is 11.1 Å². The molecule has 8 heteroatoms. The van der Waals surface area contributed by atoms with Crippen LogP contribution in [-0.4, -0.2) is 9.97 Å². The third kappa shape index (κ3) is 3.96. The third-order valence-corrected chi connectivity index (χ3v) is 7.71. The average molecular weight is 567 g/mol. The van der Waals surface area contributed by atoms with Crippen molar-refractivity contribution >= 4 is 54.9 Å². The Labute approximate surface area is 249 Å². The Morgan fingerprint density at radius 3 is 1.64 bits per heavy atom. The third-order valence-electron chi connectivity index (χ3n) is 7.71. The van der Waals surface area contributed by atoms with Gasteiger partial charge in [-0.15, -0.1) is 0 Å². The number of fused-ring (bicyclic) bond motifs is 6.